The van der Waals surface area contributed by atoms with Crippen LogP contribution < -0.4 is 0 Å². The molecule has 6 heteroatoms. The molecule has 0 amide bonds. The number of carbonyl (C=O) groups is 2. The van der Waals surface area contributed by atoms with Crippen LogP contribution in [0.2, 0.25) is 5.02 Å². The standard InChI is InChI=1S/C18H13BrClFO3/c1-11(18(23)12-5-7-13(19)8-6-12)24-17(22)10-9-14-15(20)3-2-4-16(14)21/h2-11H,1H3/b10-9+. The van der Waals surface area contributed by atoms with Gasteiger partial charge in [0, 0.05) is 21.7 Å². The highest BCUT2D eigenvalue weighted by Crippen LogP contribution is 2.20. The normalized spacial score (nSPS) is 12.2. The first-order valence-electron chi connectivity index (χ1n) is 7.01. The Balaban J connectivity index is 2.02. The monoisotopic (exact) mass is 410 g/mol. The van der Waals surface area contributed by atoms with Crippen molar-refractivity contribution in [2.45, 2.75) is 13.0 Å². The van der Waals surface area contributed by atoms with E-state index in [9.17, 15) is 14.0 Å². The Hall–Kier alpha value is -1.98. The van der Waals surface area contributed by atoms with Crippen molar-refractivity contribution in [1.82, 2.24) is 0 Å². The lowest BCUT2D eigenvalue weighted by Gasteiger charge is -2.11. The molecule has 0 aliphatic rings. The molecule has 0 fully saturated rings. The number of rotatable bonds is 5. The van der Waals surface area contributed by atoms with E-state index in [2.05, 4.69) is 15.9 Å². The van der Waals surface area contributed by atoms with Crippen LogP contribution in [0.3, 0.4) is 0 Å². The molecule has 2 aromatic rings. The zero-order chi connectivity index (χ0) is 17.7. The molecule has 2 aromatic carbocycles. The fourth-order valence-corrected chi connectivity index (χ4v) is 2.43. The number of benzene rings is 2. The predicted molar refractivity (Wildman–Crippen MR) is 94.5 cm³/mol. The number of carbonyl (C=O) groups excluding carboxylic acids is 2. The number of ether oxygens (including phenoxy) is 1. The number of ketones is 1. The van der Waals surface area contributed by atoms with E-state index in [1.54, 1.807) is 24.3 Å². The van der Waals surface area contributed by atoms with E-state index in [1.807, 2.05) is 0 Å². The van der Waals surface area contributed by atoms with Crippen molar-refractivity contribution in [2.75, 3.05) is 0 Å². The second kappa shape index (κ2) is 8.22. The quantitative estimate of drug-likeness (QED) is 0.392. The smallest absolute Gasteiger partial charge is 0.331 e. The molecule has 0 N–H and O–H groups in total. The SMILES string of the molecule is CC(OC(=O)/C=C/c1c(F)cccc1Cl)C(=O)c1ccc(Br)cc1. The minimum Gasteiger partial charge on any atom is -0.451 e. The van der Waals surface area contributed by atoms with Gasteiger partial charge in [0.2, 0.25) is 5.78 Å². The molecule has 0 aromatic heterocycles. The third-order valence-corrected chi connectivity index (χ3v) is 4.03. The molecule has 1 atom stereocenters. The minimum absolute atomic E-state index is 0.0861. The van der Waals surface area contributed by atoms with E-state index in [0.717, 1.165) is 10.5 Å². The van der Waals surface area contributed by atoms with Gasteiger partial charge in [-0.3, -0.25) is 4.79 Å². The summed E-state index contributed by atoms with van der Waals surface area (Å²) in [6.07, 6.45) is 1.30. The van der Waals surface area contributed by atoms with Gasteiger partial charge in [-0.25, -0.2) is 9.18 Å². The highest BCUT2D eigenvalue weighted by molar-refractivity contribution is 9.10. The zero-order valence-corrected chi connectivity index (χ0v) is 15.0. The van der Waals surface area contributed by atoms with Crippen molar-refractivity contribution in [2.24, 2.45) is 0 Å². The lowest BCUT2D eigenvalue weighted by Crippen LogP contribution is -2.23. The fourth-order valence-electron chi connectivity index (χ4n) is 1.94. The molecule has 0 heterocycles. The first-order valence-corrected chi connectivity index (χ1v) is 8.18. The second-order valence-corrected chi connectivity index (χ2v) is 6.24. The molecule has 1 unspecified atom stereocenters. The Kier molecular flexibility index (Phi) is 6.29. The summed E-state index contributed by atoms with van der Waals surface area (Å²) < 4.78 is 19.5. The van der Waals surface area contributed by atoms with E-state index < -0.39 is 17.9 Å². The Labute approximate surface area is 152 Å². The summed E-state index contributed by atoms with van der Waals surface area (Å²) in [6, 6.07) is 10.9. The number of hydrogen-bond acceptors (Lipinski definition) is 3. The Morgan fingerprint density at radius 1 is 1.21 bits per heavy atom. The summed E-state index contributed by atoms with van der Waals surface area (Å²) in [4.78, 5) is 24.0. The summed E-state index contributed by atoms with van der Waals surface area (Å²) in [5.41, 5.74) is 0.516. The van der Waals surface area contributed by atoms with Crippen molar-refractivity contribution in [3.8, 4) is 0 Å². The number of esters is 1. The van der Waals surface area contributed by atoms with Crippen LogP contribution in [0.4, 0.5) is 4.39 Å². The van der Waals surface area contributed by atoms with Crippen LogP contribution in [0, 0.1) is 5.82 Å². The van der Waals surface area contributed by atoms with Crippen LogP contribution in [-0.2, 0) is 9.53 Å². The molecule has 124 valence electrons. The first-order chi connectivity index (χ1) is 11.4. The number of halogens is 3. The van der Waals surface area contributed by atoms with E-state index >= 15 is 0 Å². The van der Waals surface area contributed by atoms with E-state index in [4.69, 9.17) is 16.3 Å². The van der Waals surface area contributed by atoms with Gasteiger partial charge >= 0.3 is 5.97 Å². The third-order valence-electron chi connectivity index (χ3n) is 3.18. The molecule has 0 spiro atoms. The van der Waals surface area contributed by atoms with Crippen LogP contribution in [0.25, 0.3) is 6.08 Å². The maximum absolute atomic E-state index is 13.6. The molecular formula is C18H13BrClFO3. The number of hydrogen-bond donors (Lipinski definition) is 0. The van der Waals surface area contributed by atoms with Crippen LogP contribution in [0.5, 0.6) is 0 Å². The van der Waals surface area contributed by atoms with E-state index in [0.29, 0.717) is 5.56 Å². The lowest BCUT2D eigenvalue weighted by atomic mass is 10.1. The van der Waals surface area contributed by atoms with Gasteiger partial charge in [0.1, 0.15) is 5.82 Å². The van der Waals surface area contributed by atoms with Crippen molar-refractivity contribution in [1.29, 1.82) is 0 Å². The summed E-state index contributed by atoms with van der Waals surface area (Å²) in [7, 11) is 0. The molecule has 2 rings (SSSR count). The summed E-state index contributed by atoms with van der Waals surface area (Å²) in [5, 5.41) is 0.179. The van der Waals surface area contributed by atoms with Crippen molar-refractivity contribution < 1.29 is 18.7 Å². The maximum atomic E-state index is 13.6. The van der Waals surface area contributed by atoms with Gasteiger partial charge < -0.3 is 4.74 Å². The Morgan fingerprint density at radius 3 is 2.50 bits per heavy atom. The van der Waals surface area contributed by atoms with Gasteiger partial charge in [-0.15, -0.1) is 0 Å². The van der Waals surface area contributed by atoms with Crippen LogP contribution in [0.15, 0.2) is 53.0 Å². The Bertz CT molecular complexity index is 767. The van der Waals surface area contributed by atoms with Gasteiger partial charge in [-0.05, 0) is 37.3 Å². The summed E-state index contributed by atoms with van der Waals surface area (Å²) in [6.45, 7) is 1.48. The zero-order valence-electron chi connectivity index (χ0n) is 12.6. The third kappa shape index (κ3) is 4.76. The highest BCUT2D eigenvalue weighted by atomic mass is 79.9. The van der Waals surface area contributed by atoms with Crippen LogP contribution >= 0.6 is 27.5 Å². The van der Waals surface area contributed by atoms with Crippen LogP contribution in [-0.4, -0.2) is 17.9 Å². The maximum Gasteiger partial charge on any atom is 0.331 e. The van der Waals surface area contributed by atoms with Crippen molar-refractivity contribution >= 4 is 45.4 Å². The lowest BCUT2D eigenvalue weighted by molar-refractivity contribution is -0.140. The first kappa shape index (κ1) is 18.4. The second-order valence-electron chi connectivity index (χ2n) is 4.92. The fraction of sp³-hybridized carbons (Fsp3) is 0.111. The van der Waals surface area contributed by atoms with Gasteiger partial charge in [0.05, 0.1) is 5.02 Å². The molecule has 0 aliphatic carbocycles. The molecule has 0 saturated carbocycles. The largest absolute Gasteiger partial charge is 0.451 e. The van der Waals surface area contributed by atoms with E-state index in [1.165, 1.54) is 31.2 Å². The summed E-state index contributed by atoms with van der Waals surface area (Å²) in [5.74, 6) is -1.63. The predicted octanol–water partition coefficient (Wildman–Crippen LogP) is 5.07. The van der Waals surface area contributed by atoms with Crippen LogP contribution in [0.1, 0.15) is 22.8 Å². The molecule has 0 aliphatic heterocycles. The van der Waals surface area contributed by atoms with Gasteiger partial charge in [-0.1, -0.05) is 45.7 Å². The summed E-state index contributed by atoms with van der Waals surface area (Å²) >= 11 is 9.14. The van der Waals surface area contributed by atoms with Crippen molar-refractivity contribution in [3.05, 3.63) is 75.0 Å². The van der Waals surface area contributed by atoms with E-state index in [-0.39, 0.29) is 16.4 Å². The van der Waals surface area contributed by atoms with Gasteiger partial charge in [-0.2, -0.15) is 0 Å². The van der Waals surface area contributed by atoms with Gasteiger partial charge in [0.25, 0.3) is 0 Å². The average Bonchev–Trinajstić information content (AvgIpc) is 2.54. The molecule has 0 radical (unpaired) electrons. The van der Waals surface area contributed by atoms with Gasteiger partial charge in [0.15, 0.2) is 6.10 Å². The average molecular weight is 412 g/mol. The molecule has 24 heavy (non-hydrogen) atoms. The minimum atomic E-state index is -0.959. The molecule has 3 nitrogen and oxygen atoms in total. The molecular weight excluding hydrogens is 399 g/mol. The topological polar surface area (TPSA) is 43.4 Å². The number of Topliss-reactive ketones (excluding diaryl/α,β-unsaturated/α-hetero) is 1. The molecule has 0 saturated heterocycles. The highest BCUT2D eigenvalue weighted by Gasteiger charge is 2.18. The Morgan fingerprint density at radius 2 is 1.88 bits per heavy atom. The molecule has 0 bridgehead atoms. The van der Waals surface area contributed by atoms with Crippen molar-refractivity contribution in [3.63, 3.8) is 0 Å².